The number of hydrogen-bond donors (Lipinski definition) is 0. The molecule has 0 N–H and O–H groups in total. The van der Waals surface area contributed by atoms with Gasteiger partial charge in [-0.1, -0.05) is 30.3 Å². The molecule has 0 aliphatic carbocycles. The van der Waals surface area contributed by atoms with E-state index in [2.05, 4.69) is 6.07 Å². The molecule has 100 valence electrons. The molecule has 0 saturated carbocycles. The average molecular weight is 287 g/mol. The number of amides is 1. The van der Waals surface area contributed by atoms with E-state index in [1.807, 2.05) is 30.3 Å². The van der Waals surface area contributed by atoms with Crippen LogP contribution < -0.4 is 4.90 Å². The summed E-state index contributed by atoms with van der Waals surface area (Å²) in [5.74, 6) is 0.748. The third-order valence-corrected chi connectivity index (χ3v) is 3.51. The largest absolute Gasteiger partial charge is 0.439 e. The van der Waals surface area contributed by atoms with Crippen molar-refractivity contribution in [3.05, 3.63) is 42.0 Å². The molecule has 1 aliphatic rings. The highest BCUT2D eigenvalue weighted by Gasteiger charge is 2.33. The molecule has 1 amide bonds. The Morgan fingerprint density at radius 3 is 2.70 bits per heavy atom. The van der Waals surface area contributed by atoms with E-state index in [-0.39, 0.29) is 17.7 Å². The predicted molar refractivity (Wildman–Crippen MR) is 75.5 cm³/mol. The Balaban J connectivity index is 2.02. The molecule has 0 bridgehead atoms. The molecule has 1 atom stereocenters. The van der Waals surface area contributed by atoms with Crippen molar-refractivity contribution in [2.24, 2.45) is 0 Å². The van der Waals surface area contributed by atoms with Crippen molar-refractivity contribution >= 4 is 23.4 Å². The standard InChI is InChI=1S/C15H11ClN2O2/c16-12-7-14(19)18(9-12)15-11(8-17)6-13(20-15)10-4-2-1-3-5-10/h1-6,12H,7,9H2. The van der Waals surface area contributed by atoms with Gasteiger partial charge in [0.15, 0.2) is 0 Å². The van der Waals surface area contributed by atoms with Crippen molar-refractivity contribution in [3.63, 3.8) is 0 Å². The summed E-state index contributed by atoms with van der Waals surface area (Å²) < 4.78 is 5.72. The maximum atomic E-state index is 11.9. The van der Waals surface area contributed by atoms with Gasteiger partial charge in [-0.3, -0.25) is 9.69 Å². The van der Waals surface area contributed by atoms with Crippen LogP contribution in [0.1, 0.15) is 12.0 Å². The summed E-state index contributed by atoms with van der Waals surface area (Å²) >= 11 is 5.98. The van der Waals surface area contributed by atoms with E-state index in [9.17, 15) is 10.1 Å². The van der Waals surface area contributed by atoms with Gasteiger partial charge in [0.2, 0.25) is 11.8 Å². The fourth-order valence-corrected chi connectivity index (χ4v) is 2.54. The molecule has 1 aromatic carbocycles. The average Bonchev–Trinajstić information content (AvgIpc) is 3.02. The molecule has 1 unspecified atom stereocenters. The van der Waals surface area contributed by atoms with Crippen LogP contribution in [-0.2, 0) is 4.79 Å². The number of halogens is 1. The highest BCUT2D eigenvalue weighted by Crippen LogP contribution is 2.34. The molecular weight excluding hydrogens is 276 g/mol. The lowest BCUT2D eigenvalue weighted by Crippen LogP contribution is -2.24. The first-order chi connectivity index (χ1) is 9.69. The molecule has 5 heteroatoms. The molecule has 1 saturated heterocycles. The van der Waals surface area contributed by atoms with Gasteiger partial charge in [0.25, 0.3) is 0 Å². The monoisotopic (exact) mass is 286 g/mol. The maximum Gasteiger partial charge on any atom is 0.230 e. The number of benzene rings is 1. The Hall–Kier alpha value is -2.25. The summed E-state index contributed by atoms with van der Waals surface area (Å²) in [5.41, 5.74) is 1.22. The Kier molecular flexibility index (Phi) is 3.21. The zero-order valence-electron chi connectivity index (χ0n) is 10.5. The van der Waals surface area contributed by atoms with Crippen LogP contribution in [0.4, 0.5) is 5.88 Å². The van der Waals surface area contributed by atoms with E-state index in [4.69, 9.17) is 16.0 Å². The van der Waals surface area contributed by atoms with Gasteiger partial charge in [0.1, 0.15) is 17.4 Å². The number of nitrogens with zero attached hydrogens (tertiary/aromatic N) is 2. The minimum atomic E-state index is -0.237. The van der Waals surface area contributed by atoms with Crippen LogP contribution in [0.2, 0.25) is 0 Å². The van der Waals surface area contributed by atoms with E-state index in [0.29, 0.717) is 23.8 Å². The van der Waals surface area contributed by atoms with E-state index < -0.39 is 0 Å². The summed E-state index contributed by atoms with van der Waals surface area (Å²) in [4.78, 5) is 13.3. The van der Waals surface area contributed by atoms with E-state index in [1.165, 1.54) is 4.90 Å². The lowest BCUT2D eigenvalue weighted by molar-refractivity contribution is -0.117. The minimum Gasteiger partial charge on any atom is -0.439 e. The van der Waals surface area contributed by atoms with Gasteiger partial charge in [0.05, 0.1) is 5.38 Å². The zero-order valence-corrected chi connectivity index (χ0v) is 11.3. The quantitative estimate of drug-likeness (QED) is 0.797. The second kappa shape index (κ2) is 5.03. The Morgan fingerprint density at radius 2 is 2.10 bits per heavy atom. The second-order valence-electron chi connectivity index (χ2n) is 4.61. The van der Waals surface area contributed by atoms with Crippen molar-refractivity contribution in [1.82, 2.24) is 0 Å². The molecule has 2 heterocycles. The van der Waals surface area contributed by atoms with Gasteiger partial charge in [-0.05, 0) is 0 Å². The van der Waals surface area contributed by atoms with E-state index >= 15 is 0 Å². The summed E-state index contributed by atoms with van der Waals surface area (Å²) in [7, 11) is 0. The number of carbonyl (C=O) groups excluding carboxylic acids is 1. The van der Waals surface area contributed by atoms with Gasteiger partial charge in [0, 0.05) is 24.6 Å². The number of carbonyl (C=O) groups is 1. The van der Waals surface area contributed by atoms with Gasteiger partial charge in [-0.25, -0.2) is 0 Å². The van der Waals surface area contributed by atoms with Gasteiger partial charge in [-0.15, -0.1) is 11.6 Å². The fraction of sp³-hybridized carbons (Fsp3) is 0.200. The highest BCUT2D eigenvalue weighted by atomic mass is 35.5. The summed E-state index contributed by atoms with van der Waals surface area (Å²) in [6.07, 6.45) is 0.272. The Morgan fingerprint density at radius 1 is 1.35 bits per heavy atom. The van der Waals surface area contributed by atoms with Crippen molar-refractivity contribution in [1.29, 1.82) is 5.26 Å². The van der Waals surface area contributed by atoms with Crippen LogP contribution in [0.15, 0.2) is 40.8 Å². The van der Waals surface area contributed by atoms with Crippen LogP contribution in [0.5, 0.6) is 0 Å². The lowest BCUT2D eigenvalue weighted by Gasteiger charge is -2.12. The third-order valence-electron chi connectivity index (χ3n) is 3.21. The number of alkyl halides is 1. The zero-order chi connectivity index (χ0) is 14.1. The number of furan rings is 1. The number of anilines is 1. The Bertz CT molecular complexity index is 688. The molecule has 1 aliphatic heterocycles. The SMILES string of the molecule is N#Cc1cc(-c2ccccc2)oc1N1CC(Cl)CC1=O. The normalized spacial score (nSPS) is 18.3. The highest BCUT2D eigenvalue weighted by molar-refractivity contribution is 6.24. The molecule has 20 heavy (non-hydrogen) atoms. The topological polar surface area (TPSA) is 57.2 Å². The first kappa shape index (κ1) is 12.8. The van der Waals surface area contributed by atoms with Crippen LogP contribution in [-0.4, -0.2) is 17.8 Å². The fourth-order valence-electron chi connectivity index (χ4n) is 2.27. The van der Waals surface area contributed by atoms with Crippen molar-refractivity contribution in [3.8, 4) is 17.4 Å². The molecule has 4 nitrogen and oxygen atoms in total. The summed E-state index contributed by atoms with van der Waals surface area (Å²) in [5, 5.41) is 8.97. The second-order valence-corrected chi connectivity index (χ2v) is 5.23. The van der Waals surface area contributed by atoms with Gasteiger partial charge < -0.3 is 4.42 Å². The van der Waals surface area contributed by atoms with Gasteiger partial charge >= 0.3 is 0 Å². The molecular formula is C15H11ClN2O2. The molecule has 2 aromatic rings. The number of hydrogen-bond acceptors (Lipinski definition) is 3. The lowest BCUT2D eigenvalue weighted by atomic mass is 10.1. The van der Waals surface area contributed by atoms with Crippen LogP contribution in [0, 0.1) is 11.3 Å². The first-order valence-corrected chi connectivity index (χ1v) is 6.66. The predicted octanol–water partition coefficient (Wildman–Crippen LogP) is 3.16. The smallest absolute Gasteiger partial charge is 0.230 e. The van der Waals surface area contributed by atoms with E-state index in [0.717, 1.165) is 5.56 Å². The van der Waals surface area contributed by atoms with E-state index in [1.54, 1.807) is 6.07 Å². The molecule has 1 fully saturated rings. The van der Waals surface area contributed by atoms with Gasteiger partial charge in [-0.2, -0.15) is 5.26 Å². The maximum absolute atomic E-state index is 11.9. The van der Waals surface area contributed by atoms with Crippen LogP contribution in [0.3, 0.4) is 0 Å². The molecule has 1 aromatic heterocycles. The van der Waals surface area contributed by atoms with Crippen molar-refractivity contribution in [2.75, 3.05) is 11.4 Å². The van der Waals surface area contributed by atoms with Crippen LogP contribution >= 0.6 is 11.6 Å². The summed E-state index contributed by atoms with van der Waals surface area (Å²) in [6, 6.07) is 13.2. The molecule has 3 rings (SSSR count). The Labute approximate surface area is 121 Å². The minimum absolute atomic E-state index is 0.115. The molecule has 0 radical (unpaired) electrons. The number of nitriles is 1. The van der Waals surface area contributed by atoms with Crippen LogP contribution in [0.25, 0.3) is 11.3 Å². The number of rotatable bonds is 2. The summed E-state index contributed by atoms with van der Waals surface area (Å²) in [6.45, 7) is 0.372. The van der Waals surface area contributed by atoms with Crippen molar-refractivity contribution < 1.29 is 9.21 Å². The molecule has 0 spiro atoms. The first-order valence-electron chi connectivity index (χ1n) is 6.23. The third kappa shape index (κ3) is 2.17. The van der Waals surface area contributed by atoms with Crippen molar-refractivity contribution in [2.45, 2.75) is 11.8 Å².